The van der Waals surface area contributed by atoms with Crippen LogP contribution in [-0.2, 0) is 23.0 Å². The molecule has 1 aromatic heterocycles. The second-order valence-corrected chi connectivity index (χ2v) is 8.46. The minimum absolute atomic E-state index is 0.00222. The molecule has 0 aliphatic rings. The van der Waals surface area contributed by atoms with Crippen molar-refractivity contribution in [3.63, 3.8) is 0 Å². The fourth-order valence-electron chi connectivity index (χ4n) is 3.82. The van der Waals surface area contributed by atoms with Crippen molar-refractivity contribution in [1.29, 1.82) is 0 Å². The Morgan fingerprint density at radius 1 is 0.943 bits per heavy atom. The van der Waals surface area contributed by atoms with Crippen LogP contribution in [0.2, 0.25) is 0 Å². The van der Waals surface area contributed by atoms with Crippen molar-refractivity contribution in [2.45, 2.75) is 26.4 Å². The molecule has 178 valence electrons. The summed E-state index contributed by atoms with van der Waals surface area (Å²) in [5.41, 5.74) is 6.48. The third-order valence-corrected chi connectivity index (χ3v) is 5.83. The first kappa shape index (κ1) is 23.8. The lowest BCUT2D eigenvalue weighted by Gasteiger charge is -2.15. The third kappa shape index (κ3) is 5.76. The summed E-state index contributed by atoms with van der Waals surface area (Å²) in [6.45, 7) is 3.85. The molecule has 2 N–H and O–H groups in total. The SMILES string of the molecule is Cc1ccc(C(C)OC(=O)Nc2c(-c3ccc(-c4ccc(CC(=O)O)cc4)cc3)cnn2C)cc1. The number of carboxylic acids is 1. The maximum atomic E-state index is 12.6. The highest BCUT2D eigenvalue weighted by molar-refractivity contribution is 5.90. The van der Waals surface area contributed by atoms with Gasteiger partial charge in [0.1, 0.15) is 11.9 Å². The number of aliphatic carboxylic acids is 1. The van der Waals surface area contributed by atoms with Gasteiger partial charge in [0, 0.05) is 12.6 Å². The highest BCUT2D eigenvalue weighted by Gasteiger charge is 2.17. The highest BCUT2D eigenvalue weighted by Crippen LogP contribution is 2.30. The second kappa shape index (κ2) is 10.3. The monoisotopic (exact) mass is 469 g/mol. The Labute approximate surface area is 204 Å². The number of carbonyl (C=O) groups is 2. The summed E-state index contributed by atoms with van der Waals surface area (Å²) in [5, 5.41) is 16.1. The number of aromatic nitrogens is 2. The van der Waals surface area contributed by atoms with Gasteiger partial charge in [-0.25, -0.2) is 4.79 Å². The van der Waals surface area contributed by atoms with Gasteiger partial charge in [-0.05, 0) is 41.7 Å². The van der Waals surface area contributed by atoms with Gasteiger partial charge in [0.05, 0.1) is 12.6 Å². The van der Waals surface area contributed by atoms with Crippen LogP contribution in [0.5, 0.6) is 0 Å². The molecule has 35 heavy (non-hydrogen) atoms. The molecule has 0 saturated heterocycles. The summed E-state index contributed by atoms with van der Waals surface area (Å²) in [7, 11) is 1.76. The zero-order chi connectivity index (χ0) is 24.9. The van der Waals surface area contributed by atoms with Gasteiger partial charge < -0.3 is 9.84 Å². The lowest BCUT2D eigenvalue weighted by molar-refractivity contribution is -0.136. The van der Waals surface area contributed by atoms with Crippen molar-refractivity contribution in [1.82, 2.24) is 9.78 Å². The molecule has 0 bridgehead atoms. The number of hydrogen-bond donors (Lipinski definition) is 2. The van der Waals surface area contributed by atoms with Gasteiger partial charge in [0.15, 0.2) is 0 Å². The average Bonchev–Trinajstić information content (AvgIpc) is 3.19. The maximum Gasteiger partial charge on any atom is 0.413 e. The van der Waals surface area contributed by atoms with E-state index in [1.165, 1.54) is 0 Å². The highest BCUT2D eigenvalue weighted by atomic mass is 16.6. The Balaban J connectivity index is 1.47. The first-order valence-corrected chi connectivity index (χ1v) is 11.3. The molecule has 1 heterocycles. The minimum Gasteiger partial charge on any atom is -0.481 e. The molecule has 4 rings (SSSR count). The molecule has 0 saturated carbocycles. The van der Waals surface area contributed by atoms with E-state index < -0.39 is 18.2 Å². The number of nitrogens with one attached hydrogen (secondary N) is 1. The summed E-state index contributed by atoms with van der Waals surface area (Å²) in [4.78, 5) is 23.5. The molecular weight excluding hydrogens is 442 g/mol. The van der Waals surface area contributed by atoms with E-state index in [4.69, 9.17) is 9.84 Å². The van der Waals surface area contributed by atoms with Gasteiger partial charge in [-0.1, -0.05) is 78.4 Å². The Hall–Kier alpha value is -4.39. The fraction of sp³-hybridized carbons (Fsp3) is 0.179. The first-order valence-electron chi connectivity index (χ1n) is 11.3. The van der Waals surface area contributed by atoms with Crippen molar-refractivity contribution in [2.75, 3.05) is 5.32 Å². The zero-order valence-electron chi connectivity index (χ0n) is 19.9. The van der Waals surface area contributed by atoms with Crippen LogP contribution in [0.15, 0.2) is 79.0 Å². The number of amides is 1. The van der Waals surface area contributed by atoms with Crippen LogP contribution in [0.4, 0.5) is 10.6 Å². The second-order valence-electron chi connectivity index (χ2n) is 8.46. The van der Waals surface area contributed by atoms with Crippen LogP contribution in [0, 0.1) is 6.92 Å². The normalized spacial score (nSPS) is 11.6. The van der Waals surface area contributed by atoms with Crippen LogP contribution in [0.3, 0.4) is 0 Å². The summed E-state index contributed by atoms with van der Waals surface area (Å²) in [5.74, 6) is -0.312. The number of rotatable bonds is 7. The lowest BCUT2D eigenvalue weighted by atomic mass is 10.00. The van der Waals surface area contributed by atoms with Crippen molar-refractivity contribution < 1.29 is 19.4 Å². The molecule has 0 radical (unpaired) electrons. The van der Waals surface area contributed by atoms with E-state index in [2.05, 4.69) is 10.4 Å². The molecule has 4 aromatic rings. The molecule has 3 aromatic carbocycles. The van der Waals surface area contributed by atoms with Gasteiger partial charge in [-0.3, -0.25) is 14.8 Å². The summed E-state index contributed by atoms with van der Waals surface area (Å²) >= 11 is 0. The number of aryl methyl sites for hydroxylation is 2. The molecule has 1 unspecified atom stereocenters. The van der Waals surface area contributed by atoms with Crippen molar-refractivity contribution in [3.05, 3.63) is 95.7 Å². The first-order chi connectivity index (χ1) is 16.8. The molecule has 0 aliphatic carbocycles. The lowest BCUT2D eigenvalue weighted by Crippen LogP contribution is -2.18. The Morgan fingerprint density at radius 2 is 1.51 bits per heavy atom. The van der Waals surface area contributed by atoms with Crippen molar-refractivity contribution >= 4 is 17.9 Å². The van der Waals surface area contributed by atoms with E-state index in [1.807, 2.05) is 86.6 Å². The molecule has 0 spiro atoms. The Bertz CT molecular complexity index is 1320. The molecule has 1 atom stereocenters. The predicted octanol–water partition coefficient (Wildman–Crippen LogP) is 6.00. The molecular formula is C28H27N3O4. The number of nitrogens with zero attached hydrogens (tertiary/aromatic N) is 2. The van der Waals surface area contributed by atoms with E-state index in [1.54, 1.807) is 17.9 Å². The fourth-order valence-corrected chi connectivity index (χ4v) is 3.82. The van der Waals surface area contributed by atoms with E-state index >= 15 is 0 Å². The van der Waals surface area contributed by atoms with Crippen molar-refractivity contribution in [2.24, 2.45) is 7.05 Å². The molecule has 1 amide bonds. The van der Waals surface area contributed by atoms with Gasteiger partial charge in [0.2, 0.25) is 0 Å². The standard InChI is InChI=1S/C28H27N3O4/c1-18-4-8-21(9-5-18)19(2)35-28(34)30-27-25(17-29-31(27)3)24-14-12-23(13-15-24)22-10-6-20(7-11-22)16-26(32)33/h4-15,17,19H,16H2,1-3H3,(H,30,34)(H,32,33). The third-order valence-electron chi connectivity index (χ3n) is 5.83. The number of carbonyl (C=O) groups excluding carboxylic acids is 1. The molecule has 0 fully saturated rings. The van der Waals surface area contributed by atoms with Gasteiger partial charge >= 0.3 is 12.1 Å². The molecule has 7 heteroatoms. The van der Waals surface area contributed by atoms with Gasteiger partial charge in [0.25, 0.3) is 0 Å². The zero-order valence-corrected chi connectivity index (χ0v) is 19.9. The van der Waals surface area contributed by atoms with Crippen LogP contribution in [0.25, 0.3) is 22.3 Å². The number of benzene rings is 3. The largest absolute Gasteiger partial charge is 0.481 e. The topological polar surface area (TPSA) is 93.4 Å². The van der Waals surface area contributed by atoms with E-state index in [0.717, 1.165) is 38.9 Å². The smallest absolute Gasteiger partial charge is 0.413 e. The number of hydrogen-bond acceptors (Lipinski definition) is 4. The minimum atomic E-state index is -0.850. The van der Waals surface area contributed by atoms with Crippen molar-refractivity contribution in [3.8, 4) is 22.3 Å². The Kier molecular flexibility index (Phi) is 6.96. The van der Waals surface area contributed by atoms with Gasteiger partial charge in [-0.2, -0.15) is 5.10 Å². The maximum absolute atomic E-state index is 12.6. The number of carboxylic acid groups (broad SMARTS) is 1. The molecule has 7 nitrogen and oxygen atoms in total. The van der Waals surface area contributed by atoms with Crippen LogP contribution in [-0.4, -0.2) is 26.9 Å². The number of anilines is 1. The van der Waals surface area contributed by atoms with Crippen LogP contribution < -0.4 is 5.32 Å². The predicted molar refractivity (Wildman–Crippen MR) is 135 cm³/mol. The van der Waals surface area contributed by atoms with E-state index in [9.17, 15) is 9.59 Å². The Morgan fingerprint density at radius 3 is 2.11 bits per heavy atom. The summed E-state index contributed by atoms with van der Waals surface area (Å²) < 4.78 is 7.18. The summed E-state index contributed by atoms with van der Waals surface area (Å²) in [6.07, 6.45) is 0.756. The quantitative estimate of drug-likeness (QED) is 0.346. The van der Waals surface area contributed by atoms with Crippen LogP contribution >= 0.6 is 0 Å². The van der Waals surface area contributed by atoms with Crippen LogP contribution in [0.1, 0.15) is 29.7 Å². The van der Waals surface area contributed by atoms with E-state index in [-0.39, 0.29) is 6.42 Å². The molecule has 0 aliphatic heterocycles. The van der Waals surface area contributed by atoms with Gasteiger partial charge in [-0.15, -0.1) is 0 Å². The van der Waals surface area contributed by atoms with E-state index in [0.29, 0.717) is 5.82 Å². The number of ether oxygens (including phenoxy) is 1. The summed E-state index contributed by atoms with van der Waals surface area (Å²) in [6, 6.07) is 23.2. The average molecular weight is 470 g/mol.